The number of carbonyl (C=O) groups excluding carboxylic acids is 2. The second-order valence-corrected chi connectivity index (χ2v) is 8.34. The Bertz CT molecular complexity index is 863. The summed E-state index contributed by atoms with van der Waals surface area (Å²) >= 11 is 0. The van der Waals surface area contributed by atoms with Crippen LogP contribution in [0.4, 0.5) is 13.2 Å². The summed E-state index contributed by atoms with van der Waals surface area (Å²) in [5, 5.41) is 3.35. The summed E-state index contributed by atoms with van der Waals surface area (Å²) in [4.78, 5) is 25.8. The van der Waals surface area contributed by atoms with Crippen LogP contribution < -0.4 is 5.32 Å². The molecule has 148 valence electrons. The molecule has 28 heavy (non-hydrogen) atoms. The lowest BCUT2D eigenvalue weighted by atomic mass is 9.69. The number of ketones is 2. The number of alkyl halides is 3. The standard InChI is InChI=1S/C22H22F3NO2/c1-11-7-15-20(17(27)9-11)19(13-3-5-14(6-4-13)22(23,24)25)21-16(26-15)8-12(2)10-18(21)28/h3-6,11-12,19,26H,7-10H2,1-2H3. The number of rotatable bonds is 1. The van der Waals surface area contributed by atoms with Gasteiger partial charge >= 0.3 is 6.18 Å². The van der Waals surface area contributed by atoms with Crippen LogP contribution in [0.25, 0.3) is 0 Å². The highest BCUT2D eigenvalue weighted by molar-refractivity contribution is 6.06. The van der Waals surface area contributed by atoms with Gasteiger partial charge in [-0.15, -0.1) is 0 Å². The minimum absolute atomic E-state index is 0.0240. The SMILES string of the molecule is CC1CC(=O)C2=C(C1)NC1=C(C(=O)CC(C)C1)C2c1ccc(C(F)(F)F)cc1. The maximum absolute atomic E-state index is 13.0. The van der Waals surface area contributed by atoms with Gasteiger partial charge in [0.05, 0.1) is 5.56 Å². The van der Waals surface area contributed by atoms with E-state index in [1.54, 1.807) is 0 Å². The zero-order valence-electron chi connectivity index (χ0n) is 15.8. The van der Waals surface area contributed by atoms with E-state index < -0.39 is 17.7 Å². The Morgan fingerprint density at radius 3 is 1.71 bits per heavy atom. The number of carbonyl (C=O) groups is 2. The van der Waals surface area contributed by atoms with Gasteiger partial charge in [0.2, 0.25) is 0 Å². The molecule has 0 radical (unpaired) electrons. The van der Waals surface area contributed by atoms with Gasteiger partial charge in [0.15, 0.2) is 11.6 Å². The first-order valence-corrected chi connectivity index (χ1v) is 9.61. The third-order valence-corrected chi connectivity index (χ3v) is 5.87. The topological polar surface area (TPSA) is 46.2 Å². The van der Waals surface area contributed by atoms with Crippen molar-refractivity contribution in [3.8, 4) is 0 Å². The number of allylic oxidation sites excluding steroid dienone is 4. The van der Waals surface area contributed by atoms with Crippen molar-refractivity contribution in [2.45, 2.75) is 51.6 Å². The molecule has 1 aliphatic heterocycles. The van der Waals surface area contributed by atoms with Crippen LogP contribution in [-0.4, -0.2) is 11.6 Å². The van der Waals surface area contributed by atoms with E-state index in [0.29, 0.717) is 42.4 Å². The Balaban J connectivity index is 1.85. The Labute approximate surface area is 161 Å². The van der Waals surface area contributed by atoms with Crippen LogP contribution in [0.2, 0.25) is 0 Å². The zero-order valence-corrected chi connectivity index (χ0v) is 15.8. The molecule has 3 aliphatic rings. The molecule has 0 fully saturated rings. The third kappa shape index (κ3) is 3.19. The molecule has 0 spiro atoms. The van der Waals surface area contributed by atoms with Gasteiger partial charge in [-0.25, -0.2) is 0 Å². The van der Waals surface area contributed by atoms with Gasteiger partial charge in [-0.3, -0.25) is 9.59 Å². The Morgan fingerprint density at radius 1 is 0.821 bits per heavy atom. The largest absolute Gasteiger partial charge is 0.416 e. The summed E-state index contributed by atoms with van der Waals surface area (Å²) in [5.74, 6) is -0.224. The molecule has 2 atom stereocenters. The van der Waals surface area contributed by atoms with Crippen molar-refractivity contribution in [1.29, 1.82) is 0 Å². The summed E-state index contributed by atoms with van der Waals surface area (Å²) in [6.07, 6.45) is -2.22. The van der Waals surface area contributed by atoms with E-state index in [4.69, 9.17) is 0 Å². The van der Waals surface area contributed by atoms with E-state index in [1.807, 2.05) is 13.8 Å². The van der Waals surface area contributed by atoms with E-state index in [1.165, 1.54) is 12.1 Å². The second kappa shape index (κ2) is 6.61. The average Bonchev–Trinajstić information content (AvgIpc) is 2.58. The predicted molar refractivity (Wildman–Crippen MR) is 98.2 cm³/mol. The third-order valence-electron chi connectivity index (χ3n) is 5.87. The van der Waals surface area contributed by atoms with Crippen LogP contribution in [0.3, 0.4) is 0 Å². The lowest BCUT2D eigenvalue weighted by molar-refractivity contribution is -0.137. The number of dihydropyridines is 1. The zero-order chi connectivity index (χ0) is 20.2. The van der Waals surface area contributed by atoms with Gasteiger partial charge in [-0.2, -0.15) is 13.2 Å². The Hall–Kier alpha value is -2.37. The number of hydrogen-bond acceptors (Lipinski definition) is 3. The van der Waals surface area contributed by atoms with Crippen molar-refractivity contribution in [2.75, 3.05) is 0 Å². The fraction of sp³-hybridized carbons (Fsp3) is 0.455. The van der Waals surface area contributed by atoms with Gasteiger partial charge in [0.1, 0.15) is 0 Å². The van der Waals surface area contributed by atoms with Crippen LogP contribution in [0.5, 0.6) is 0 Å². The summed E-state index contributed by atoms with van der Waals surface area (Å²) < 4.78 is 38.9. The molecule has 2 unspecified atom stereocenters. The van der Waals surface area contributed by atoms with E-state index in [-0.39, 0.29) is 23.4 Å². The molecule has 0 aromatic heterocycles. The number of benzene rings is 1. The van der Waals surface area contributed by atoms with Crippen LogP contribution >= 0.6 is 0 Å². The van der Waals surface area contributed by atoms with E-state index in [0.717, 1.165) is 23.5 Å². The van der Waals surface area contributed by atoms with E-state index >= 15 is 0 Å². The molecule has 0 saturated carbocycles. The smallest absolute Gasteiger partial charge is 0.362 e. The fourth-order valence-electron chi connectivity index (χ4n) is 4.68. The molecule has 1 heterocycles. The summed E-state index contributed by atoms with van der Waals surface area (Å²) in [6.45, 7) is 4.02. The van der Waals surface area contributed by atoms with Crippen molar-refractivity contribution in [2.24, 2.45) is 11.8 Å². The Kier molecular flexibility index (Phi) is 4.47. The predicted octanol–water partition coefficient (Wildman–Crippen LogP) is 4.90. The van der Waals surface area contributed by atoms with Gasteiger partial charge in [0.25, 0.3) is 0 Å². The van der Waals surface area contributed by atoms with Crippen LogP contribution in [0.1, 0.15) is 56.6 Å². The maximum Gasteiger partial charge on any atom is 0.416 e. The van der Waals surface area contributed by atoms with Gasteiger partial charge in [-0.05, 0) is 42.4 Å². The van der Waals surface area contributed by atoms with Crippen molar-refractivity contribution in [1.82, 2.24) is 5.32 Å². The highest BCUT2D eigenvalue weighted by atomic mass is 19.4. The van der Waals surface area contributed by atoms with Gasteiger partial charge in [-0.1, -0.05) is 26.0 Å². The van der Waals surface area contributed by atoms with Crippen LogP contribution in [0.15, 0.2) is 46.8 Å². The highest BCUT2D eigenvalue weighted by Crippen LogP contribution is 2.47. The number of nitrogens with one attached hydrogen (secondary N) is 1. The van der Waals surface area contributed by atoms with Crippen molar-refractivity contribution in [3.63, 3.8) is 0 Å². The Morgan fingerprint density at radius 2 is 1.29 bits per heavy atom. The molecule has 2 aliphatic carbocycles. The second-order valence-electron chi connectivity index (χ2n) is 8.34. The molecule has 3 nitrogen and oxygen atoms in total. The highest BCUT2D eigenvalue weighted by Gasteiger charge is 2.42. The van der Waals surface area contributed by atoms with E-state index in [2.05, 4.69) is 5.32 Å². The average molecular weight is 389 g/mol. The van der Waals surface area contributed by atoms with Crippen molar-refractivity contribution < 1.29 is 22.8 Å². The minimum Gasteiger partial charge on any atom is -0.362 e. The molecule has 0 amide bonds. The summed E-state index contributed by atoms with van der Waals surface area (Å²) in [7, 11) is 0. The molecule has 0 bridgehead atoms. The normalized spacial score (nSPS) is 28.1. The lowest BCUT2D eigenvalue weighted by Gasteiger charge is -2.39. The summed E-state index contributed by atoms with van der Waals surface area (Å²) in [6, 6.07) is 4.88. The maximum atomic E-state index is 13.0. The van der Waals surface area contributed by atoms with Crippen LogP contribution in [-0.2, 0) is 15.8 Å². The van der Waals surface area contributed by atoms with Crippen molar-refractivity contribution in [3.05, 3.63) is 57.9 Å². The first-order chi connectivity index (χ1) is 13.1. The fourth-order valence-corrected chi connectivity index (χ4v) is 4.68. The molecule has 1 aromatic carbocycles. The van der Waals surface area contributed by atoms with Crippen molar-refractivity contribution >= 4 is 11.6 Å². The molecule has 0 saturated heterocycles. The van der Waals surface area contributed by atoms with E-state index in [9.17, 15) is 22.8 Å². The number of hydrogen-bond donors (Lipinski definition) is 1. The molecule has 1 N–H and O–H groups in total. The first kappa shape index (κ1) is 19.0. The molecular formula is C22H22F3NO2. The number of Topliss-reactive ketones (excluding diaryl/α,β-unsaturated/α-hetero) is 2. The first-order valence-electron chi connectivity index (χ1n) is 9.61. The molecule has 6 heteroatoms. The monoisotopic (exact) mass is 389 g/mol. The molecule has 1 aromatic rings. The summed E-state index contributed by atoms with van der Waals surface area (Å²) in [5.41, 5.74) is 2.60. The molecule has 4 rings (SSSR count). The quantitative estimate of drug-likeness (QED) is 0.743. The van der Waals surface area contributed by atoms with Gasteiger partial charge in [0, 0.05) is 41.3 Å². The van der Waals surface area contributed by atoms with Gasteiger partial charge < -0.3 is 5.32 Å². The number of halogens is 3. The molecular weight excluding hydrogens is 367 g/mol. The van der Waals surface area contributed by atoms with Crippen LogP contribution in [0, 0.1) is 11.8 Å². The lowest BCUT2D eigenvalue weighted by Crippen LogP contribution is -2.38. The minimum atomic E-state index is -4.42.